The first kappa shape index (κ1) is 19.2. The van der Waals surface area contributed by atoms with Crippen LogP contribution in [0.5, 0.6) is 11.5 Å². The molecule has 3 aromatic rings. The van der Waals surface area contributed by atoms with Gasteiger partial charge in [-0.15, -0.1) is 0 Å². The molecule has 0 amide bonds. The number of hydrogen-bond acceptors (Lipinski definition) is 4. The second-order valence-corrected chi connectivity index (χ2v) is 8.01. The summed E-state index contributed by atoms with van der Waals surface area (Å²) in [6.45, 7) is 4.97. The highest BCUT2D eigenvalue weighted by Gasteiger charge is 2.24. The summed E-state index contributed by atoms with van der Waals surface area (Å²) >= 11 is 0. The van der Waals surface area contributed by atoms with Crippen molar-refractivity contribution in [3.05, 3.63) is 95.1 Å². The zero-order valence-corrected chi connectivity index (χ0v) is 17.1. The van der Waals surface area contributed by atoms with Crippen molar-refractivity contribution < 1.29 is 18.9 Å². The fraction of sp³-hybridized carbons (Fsp3) is 0.308. The van der Waals surface area contributed by atoms with E-state index < -0.39 is 0 Å². The van der Waals surface area contributed by atoms with Crippen molar-refractivity contribution in [1.29, 1.82) is 0 Å². The lowest BCUT2D eigenvalue weighted by Gasteiger charge is -2.20. The summed E-state index contributed by atoms with van der Waals surface area (Å²) in [7, 11) is 0. The van der Waals surface area contributed by atoms with E-state index in [1.807, 2.05) is 24.3 Å². The maximum atomic E-state index is 5.81. The molecule has 4 heteroatoms. The molecule has 0 aromatic heterocycles. The van der Waals surface area contributed by atoms with Crippen LogP contribution in [-0.2, 0) is 9.47 Å². The number of rotatable bonds is 9. The summed E-state index contributed by atoms with van der Waals surface area (Å²) in [4.78, 5) is 0. The molecule has 4 nitrogen and oxygen atoms in total. The van der Waals surface area contributed by atoms with Gasteiger partial charge in [0.2, 0.25) is 0 Å². The zero-order chi connectivity index (χ0) is 20.3. The van der Waals surface area contributed by atoms with E-state index in [1.165, 1.54) is 22.3 Å². The molecule has 2 fully saturated rings. The fourth-order valence-corrected chi connectivity index (χ4v) is 3.56. The molecular formula is C26H26O4. The molecule has 2 atom stereocenters. The van der Waals surface area contributed by atoms with Crippen LogP contribution in [0, 0.1) is 6.92 Å². The van der Waals surface area contributed by atoms with Crippen LogP contribution in [0.3, 0.4) is 0 Å². The Hall–Kier alpha value is -2.82. The van der Waals surface area contributed by atoms with Crippen molar-refractivity contribution in [2.24, 2.45) is 0 Å². The summed E-state index contributed by atoms with van der Waals surface area (Å²) in [6.07, 6.45) is 0.523. The third-order valence-corrected chi connectivity index (χ3v) is 5.51. The second-order valence-electron chi connectivity index (χ2n) is 8.01. The lowest BCUT2D eigenvalue weighted by Crippen LogP contribution is -2.06. The van der Waals surface area contributed by atoms with Gasteiger partial charge in [-0.1, -0.05) is 54.1 Å². The summed E-state index contributed by atoms with van der Waals surface area (Å²) in [5.41, 5.74) is 4.98. The number of ether oxygens (including phenoxy) is 4. The molecule has 30 heavy (non-hydrogen) atoms. The molecule has 2 aliphatic rings. The van der Waals surface area contributed by atoms with Crippen LogP contribution in [0.15, 0.2) is 72.8 Å². The molecule has 0 spiro atoms. The van der Waals surface area contributed by atoms with Gasteiger partial charge in [-0.25, -0.2) is 0 Å². The Morgan fingerprint density at radius 2 is 1.03 bits per heavy atom. The molecule has 0 N–H and O–H groups in total. The molecule has 0 radical (unpaired) electrons. The molecule has 5 rings (SSSR count). The smallest absolute Gasteiger partial charge is 0.119 e. The largest absolute Gasteiger partial charge is 0.491 e. The van der Waals surface area contributed by atoms with Crippen LogP contribution >= 0.6 is 0 Å². The molecule has 3 aromatic carbocycles. The molecule has 2 aliphatic heterocycles. The first-order valence-electron chi connectivity index (χ1n) is 10.5. The SMILES string of the molecule is Cc1ccc(C(c2ccc(OCC3CO3)cc2)c2ccc(OCC3CO3)cc2)cc1. The van der Waals surface area contributed by atoms with Crippen LogP contribution in [0.4, 0.5) is 0 Å². The normalized spacial score (nSPS) is 20.4. The van der Waals surface area contributed by atoms with Crippen molar-refractivity contribution in [2.45, 2.75) is 25.0 Å². The fourth-order valence-electron chi connectivity index (χ4n) is 3.56. The van der Waals surface area contributed by atoms with Gasteiger partial charge in [-0.05, 0) is 47.9 Å². The van der Waals surface area contributed by atoms with E-state index in [4.69, 9.17) is 18.9 Å². The van der Waals surface area contributed by atoms with E-state index in [0.717, 1.165) is 24.7 Å². The highest BCUT2D eigenvalue weighted by atomic mass is 16.6. The molecular weight excluding hydrogens is 376 g/mol. The number of aryl methyl sites for hydroxylation is 1. The number of benzene rings is 3. The van der Waals surface area contributed by atoms with Crippen molar-refractivity contribution >= 4 is 0 Å². The quantitative estimate of drug-likeness (QED) is 0.383. The Morgan fingerprint density at radius 1 is 0.667 bits per heavy atom. The maximum absolute atomic E-state index is 5.81. The molecule has 0 aliphatic carbocycles. The van der Waals surface area contributed by atoms with Gasteiger partial charge >= 0.3 is 0 Å². The molecule has 0 saturated carbocycles. The average Bonchev–Trinajstić information content (AvgIpc) is 3.69. The Bertz CT molecular complexity index is 896. The van der Waals surface area contributed by atoms with E-state index in [0.29, 0.717) is 13.2 Å². The van der Waals surface area contributed by atoms with E-state index >= 15 is 0 Å². The minimum Gasteiger partial charge on any atom is -0.491 e. The minimum absolute atomic E-state index is 0.146. The first-order chi connectivity index (χ1) is 14.7. The molecule has 154 valence electrons. The van der Waals surface area contributed by atoms with E-state index in [-0.39, 0.29) is 18.1 Å². The van der Waals surface area contributed by atoms with Gasteiger partial charge in [0.05, 0.1) is 13.2 Å². The predicted molar refractivity (Wildman–Crippen MR) is 115 cm³/mol. The van der Waals surface area contributed by atoms with E-state index in [1.54, 1.807) is 0 Å². The van der Waals surface area contributed by atoms with Crippen molar-refractivity contribution in [3.63, 3.8) is 0 Å². The van der Waals surface area contributed by atoms with Crippen LogP contribution < -0.4 is 9.47 Å². The highest BCUT2D eigenvalue weighted by Crippen LogP contribution is 2.34. The topological polar surface area (TPSA) is 43.5 Å². The predicted octanol–water partition coefficient (Wildman–Crippen LogP) is 4.73. The van der Waals surface area contributed by atoms with Gasteiger partial charge in [0.25, 0.3) is 0 Å². The third-order valence-electron chi connectivity index (χ3n) is 5.51. The van der Waals surface area contributed by atoms with Crippen LogP contribution in [-0.4, -0.2) is 38.6 Å². The van der Waals surface area contributed by atoms with Crippen LogP contribution in [0.25, 0.3) is 0 Å². The van der Waals surface area contributed by atoms with Gasteiger partial charge in [0.1, 0.15) is 36.9 Å². The van der Waals surface area contributed by atoms with Gasteiger partial charge in [-0.3, -0.25) is 0 Å². The summed E-state index contributed by atoms with van der Waals surface area (Å²) < 4.78 is 22.1. The average molecular weight is 402 g/mol. The lowest BCUT2D eigenvalue weighted by molar-refractivity contribution is 0.263. The zero-order valence-electron chi connectivity index (χ0n) is 17.1. The maximum Gasteiger partial charge on any atom is 0.119 e. The molecule has 2 saturated heterocycles. The summed E-state index contributed by atoms with van der Waals surface area (Å²) in [5.74, 6) is 1.90. The Kier molecular flexibility index (Phi) is 5.43. The Balaban J connectivity index is 1.38. The third kappa shape index (κ3) is 4.84. The van der Waals surface area contributed by atoms with Gasteiger partial charge in [0.15, 0.2) is 0 Å². The second kappa shape index (κ2) is 8.50. The van der Waals surface area contributed by atoms with Gasteiger partial charge < -0.3 is 18.9 Å². The monoisotopic (exact) mass is 402 g/mol. The summed E-state index contributed by atoms with van der Waals surface area (Å²) in [6, 6.07) is 25.6. The molecule has 2 heterocycles. The van der Waals surface area contributed by atoms with Crippen LogP contribution in [0.2, 0.25) is 0 Å². The Labute approximate surface area is 177 Å². The van der Waals surface area contributed by atoms with Crippen molar-refractivity contribution in [2.75, 3.05) is 26.4 Å². The van der Waals surface area contributed by atoms with Crippen molar-refractivity contribution in [1.82, 2.24) is 0 Å². The molecule has 2 unspecified atom stereocenters. The van der Waals surface area contributed by atoms with Crippen molar-refractivity contribution in [3.8, 4) is 11.5 Å². The standard InChI is InChI=1S/C26H26O4/c1-18-2-4-19(5-3-18)26(20-6-10-22(11-7-20)27-14-24-16-29-24)21-8-12-23(13-9-21)28-15-25-17-30-25/h2-13,24-26H,14-17H2,1H3. The number of hydrogen-bond donors (Lipinski definition) is 0. The minimum atomic E-state index is 0.146. The lowest BCUT2D eigenvalue weighted by atomic mass is 9.85. The van der Waals surface area contributed by atoms with E-state index in [2.05, 4.69) is 55.5 Å². The molecule has 0 bridgehead atoms. The Morgan fingerprint density at radius 3 is 1.40 bits per heavy atom. The highest BCUT2D eigenvalue weighted by molar-refractivity contribution is 5.46. The van der Waals surface area contributed by atoms with Gasteiger partial charge in [0, 0.05) is 5.92 Å². The van der Waals surface area contributed by atoms with Crippen LogP contribution in [0.1, 0.15) is 28.2 Å². The first-order valence-corrected chi connectivity index (χ1v) is 10.5. The summed E-state index contributed by atoms with van der Waals surface area (Å²) in [5, 5.41) is 0. The number of epoxide rings is 2. The van der Waals surface area contributed by atoms with Gasteiger partial charge in [-0.2, -0.15) is 0 Å². The van der Waals surface area contributed by atoms with E-state index in [9.17, 15) is 0 Å².